The van der Waals surface area contributed by atoms with E-state index in [0.717, 1.165) is 16.7 Å². The van der Waals surface area contributed by atoms with Crippen molar-refractivity contribution in [1.82, 2.24) is 46.6 Å². The maximum absolute atomic E-state index is 13.5. The van der Waals surface area contributed by atoms with Gasteiger partial charge in [-0.15, -0.1) is 11.8 Å². The standard InChI is InChI=1S/C25H40ClN3O4S.C24H39ClN3O8P.C23H36ClN3O4/c1-17(2)20(28-22(31)27-14-24(5,6)33-16-34-7)21(30)29-13-12-25(32,23(3,4)15-29)18-8-10-19(26)11-9-18;1-16(2)19(27-21(30)26-13-23(5,6)35-15-36-37(32,33)34)20(29)28-12-11-24(31,22(3,4)14-28)17-7-9-18(25)10-8-17;1-15(2)18(26-20(29)25-13-22(5,6)30)19(28)27-12-11-23(31,21(3,4)14-27)16-7-9-17(24)10-8-16/h8-11,17,20,32H,12-16H2,1-7H3,(H2,27,28,31);7-10,16,19,31H,11-15H2,1-6H3,(H2,26,27,30)(H2,32,33,34);7-10,15,18,30-31H,11-14H2,1-6H3,(H2,25,26,29)/t20-,25+;19-,24+;18-,23+/m111/s1. The number of nitrogens with zero attached hydrogens (tertiary/aromatic N) is 3. The van der Waals surface area contributed by atoms with Crippen LogP contribution in [0.3, 0.4) is 0 Å². The lowest BCUT2D eigenvalue weighted by atomic mass is 9.66. The summed E-state index contributed by atoms with van der Waals surface area (Å²) in [5, 5.41) is 62.6. The highest BCUT2D eigenvalue weighted by Crippen LogP contribution is 2.49. The van der Waals surface area contributed by atoms with Crippen LogP contribution in [-0.2, 0) is 49.7 Å². The van der Waals surface area contributed by atoms with E-state index in [4.69, 9.17) is 54.1 Å². The number of rotatable bonds is 25. The first-order chi connectivity index (χ1) is 46.7. The average Bonchev–Trinajstić information content (AvgIpc) is 0.764. The fourth-order valence-electron chi connectivity index (χ4n) is 12.5. The van der Waals surface area contributed by atoms with Crippen LogP contribution in [-0.4, -0.2) is 194 Å². The van der Waals surface area contributed by atoms with Gasteiger partial charge in [0.15, 0.2) is 6.79 Å². The number of aliphatic hydroxyl groups is 4. The monoisotopic (exact) mass is 1530 g/mol. The minimum atomic E-state index is -4.67. The lowest BCUT2D eigenvalue weighted by molar-refractivity contribution is -0.156. The quantitative estimate of drug-likeness (QED) is 0.0277. The number of benzene rings is 3. The van der Waals surface area contributed by atoms with E-state index in [-0.39, 0.29) is 55.1 Å². The van der Waals surface area contributed by atoms with Gasteiger partial charge in [0.25, 0.3) is 0 Å². The van der Waals surface area contributed by atoms with E-state index in [1.807, 2.05) is 127 Å². The lowest BCUT2D eigenvalue weighted by Gasteiger charge is -2.51. The van der Waals surface area contributed by atoms with Crippen molar-refractivity contribution < 1.29 is 77.5 Å². The van der Waals surface area contributed by atoms with Gasteiger partial charge in [-0.2, -0.15) is 0 Å². The summed E-state index contributed by atoms with van der Waals surface area (Å²) in [7, 11) is -4.67. The van der Waals surface area contributed by atoms with Crippen LogP contribution in [0.2, 0.25) is 15.1 Å². The number of carbonyl (C=O) groups excluding carboxylic acids is 6. The SMILES string of the molecule is CC(C)[C@@H](NC(=O)NCC(C)(C)O)C(=O)N1CC[C@](O)(c2ccc(Cl)cc2)C(C)(C)C1.CC(C)[C@@H](NC(=O)NCC(C)(C)OCOP(=O)(O)O)C(=O)N1CC[C@](O)(c2ccc(Cl)cc2)C(C)(C)C1.CSCOC(C)(C)CNC(=O)N[C@@H](C(=O)N1CC[C@](O)(c2ccc(Cl)cc2)C(C)(C)C1)C(C)C. The summed E-state index contributed by atoms with van der Waals surface area (Å²) in [5.41, 5.74) is -5.47. The Morgan fingerprint density at radius 1 is 0.500 bits per heavy atom. The molecule has 3 heterocycles. The largest absolute Gasteiger partial charge is 0.471 e. The van der Waals surface area contributed by atoms with Crippen molar-refractivity contribution in [3.63, 3.8) is 0 Å². The van der Waals surface area contributed by atoms with Crippen LogP contribution in [0.1, 0.15) is 161 Å². The zero-order valence-electron chi connectivity index (χ0n) is 62.9. The Bertz CT molecular complexity index is 3320. The number of hydrogen-bond donors (Lipinski definition) is 12. The number of nitrogens with one attached hydrogen (secondary N) is 6. The van der Waals surface area contributed by atoms with Crippen molar-refractivity contribution in [1.29, 1.82) is 0 Å². The molecule has 12 N–H and O–H groups in total. The molecule has 576 valence electrons. The van der Waals surface area contributed by atoms with Gasteiger partial charge < -0.3 is 86.3 Å². The molecule has 3 fully saturated rings. The molecule has 25 nitrogen and oxygen atoms in total. The Balaban J connectivity index is 0.000000326. The summed E-state index contributed by atoms with van der Waals surface area (Å²) in [6, 6.07) is 17.8. The first-order valence-corrected chi connectivity index (χ1v) is 38.5. The second-order valence-corrected chi connectivity index (χ2v) is 35.1. The Hall–Kier alpha value is -5.03. The van der Waals surface area contributed by atoms with Crippen molar-refractivity contribution in [2.75, 3.05) is 77.9 Å². The van der Waals surface area contributed by atoms with Gasteiger partial charge in [0.1, 0.15) is 18.1 Å². The number of hydrogen-bond acceptors (Lipinski definition) is 15. The Kier molecular flexibility index (Phi) is 32.0. The van der Waals surface area contributed by atoms with Crippen LogP contribution in [0.25, 0.3) is 0 Å². The predicted octanol–water partition coefficient (Wildman–Crippen LogP) is 10.1. The average molecular weight is 1530 g/mol. The third kappa shape index (κ3) is 25.3. The number of phosphoric acid groups is 1. The number of carbonyl (C=O) groups is 6. The van der Waals surface area contributed by atoms with Gasteiger partial charge in [0.2, 0.25) is 17.7 Å². The number of amides is 9. The van der Waals surface area contributed by atoms with Gasteiger partial charge >= 0.3 is 25.9 Å². The molecule has 3 aliphatic heterocycles. The van der Waals surface area contributed by atoms with E-state index in [0.29, 0.717) is 79.5 Å². The number of thioether (sulfide) groups is 1. The maximum atomic E-state index is 13.5. The zero-order valence-corrected chi connectivity index (χ0v) is 66.9. The fourth-order valence-corrected chi connectivity index (χ4v) is 13.5. The molecule has 3 aromatic carbocycles. The molecule has 6 rings (SSSR count). The second kappa shape index (κ2) is 36.5. The minimum absolute atomic E-state index is 0.00672. The molecule has 3 aliphatic rings. The van der Waals surface area contributed by atoms with Gasteiger partial charge in [0.05, 0.1) is 39.5 Å². The third-order valence-corrected chi connectivity index (χ3v) is 20.7. The first-order valence-electron chi connectivity index (χ1n) is 34.4. The van der Waals surface area contributed by atoms with Gasteiger partial charge in [-0.05, 0) is 138 Å². The van der Waals surface area contributed by atoms with E-state index < -0.39 is 101 Å². The smallest absolute Gasteiger partial charge is 0.389 e. The summed E-state index contributed by atoms with van der Waals surface area (Å²) < 4.78 is 26.1. The molecule has 0 bridgehead atoms. The van der Waals surface area contributed by atoms with E-state index in [1.54, 1.807) is 103 Å². The predicted molar refractivity (Wildman–Crippen MR) is 399 cm³/mol. The molecule has 0 saturated carbocycles. The number of ether oxygens (including phenoxy) is 2. The molecular formula is C72H115Cl3N9O16PS. The number of urea groups is 3. The molecule has 0 unspecified atom stereocenters. The van der Waals surface area contributed by atoms with Crippen LogP contribution >= 0.6 is 54.4 Å². The topological polar surface area (TPSA) is 350 Å². The molecule has 9 amide bonds. The van der Waals surface area contributed by atoms with E-state index in [2.05, 4.69) is 36.4 Å². The molecule has 3 aromatic rings. The van der Waals surface area contributed by atoms with Gasteiger partial charge in [-0.3, -0.25) is 18.9 Å². The van der Waals surface area contributed by atoms with Crippen LogP contribution in [0, 0.1) is 34.0 Å². The van der Waals surface area contributed by atoms with Gasteiger partial charge in [-0.25, -0.2) is 18.9 Å². The van der Waals surface area contributed by atoms with Crippen molar-refractivity contribution >= 4 is 90.2 Å². The lowest BCUT2D eigenvalue weighted by Crippen LogP contribution is -2.61. The maximum Gasteiger partial charge on any atom is 0.471 e. The number of halogens is 3. The van der Waals surface area contributed by atoms with Crippen molar-refractivity contribution in [3.05, 3.63) is 105 Å². The summed E-state index contributed by atoms with van der Waals surface area (Å²) >= 11 is 19.6. The van der Waals surface area contributed by atoms with Gasteiger partial charge in [0, 0.05) is 90.2 Å². The highest BCUT2D eigenvalue weighted by atomic mass is 35.5. The molecule has 0 spiro atoms. The summed E-state index contributed by atoms with van der Waals surface area (Å²) in [6.45, 7) is 34.9. The number of piperidine rings is 3. The van der Waals surface area contributed by atoms with Crippen LogP contribution in [0.15, 0.2) is 72.8 Å². The first kappa shape index (κ1) is 89.4. The summed E-state index contributed by atoms with van der Waals surface area (Å²) in [5.74, 6) is -0.466. The normalized spacial score (nSPS) is 21.5. The molecule has 3 saturated heterocycles. The molecule has 0 aromatic heterocycles. The Labute approximate surface area is 622 Å². The second-order valence-electron chi connectivity index (χ2n) is 31.7. The van der Waals surface area contributed by atoms with E-state index in [1.165, 1.54) is 0 Å². The van der Waals surface area contributed by atoms with Crippen molar-refractivity contribution in [2.45, 2.75) is 196 Å². The molecule has 6 atom stereocenters. The highest BCUT2D eigenvalue weighted by molar-refractivity contribution is 7.98. The Morgan fingerprint density at radius 3 is 1.00 bits per heavy atom. The summed E-state index contributed by atoms with van der Waals surface area (Å²) in [4.78, 5) is 100. The van der Waals surface area contributed by atoms with Crippen LogP contribution in [0.5, 0.6) is 0 Å². The highest BCUT2D eigenvalue weighted by Gasteiger charge is 2.53. The molecule has 0 aliphatic carbocycles. The van der Waals surface area contributed by atoms with Crippen molar-refractivity contribution in [3.8, 4) is 0 Å². The number of likely N-dealkylation sites (tertiary alicyclic amines) is 3. The molecular weight excluding hydrogens is 1420 g/mol. The Morgan fingerprint density at radius 2 is 0.765 bits per heavy atom. The fraction of sp³-hybridized carbons (Fsp3) is 0.667. The van der Waals surface area contributed by atoms with Crippen molar-refractivity contribution in [2.24, 2.45) is 34.0 Å². The number of phosphoric ester groups is 1. The molecule has 30 heteroatoms. The zero-order chi connectivity index (χ0) is 77.6. The summed E-state index contributed by atoms with van der Waals surface area (Å²) in [6.07, 6.45) is 3.05. The third-order valence-electron chi connectivity index (χ3n) is 19.2. The van der Waals surface area contributed by atoms with Crippen LogP contribution < -0.4 is 31.9 Å². The van der Waals surface area contributed by atoms with Crippen LogP contribution in [0.4, 0.5) is 14.4 Å². The van der Waals surface area contributed by atoms with E-state index >= 15 is 0 Å². The minimum Gasteiger partial charge on any atom is -0.389 e. The van der Waals surface area contributed by atoms with E-state index in [9.17, 15) is 53.8 Å². The molecule has 0 radical (unpaired) electrons. The van der Waals surface area contributed by atoms with Gasteiger partial charge in [-0.1, -0.05) is 154 Å². The molecule has 102 heavy (non-hydrogen) atoms.